The third-order valence-corrected chi connectivity index (χ3v) is 2.56. The summed E-state index contributed by atoms with van der Waals surface area (Å²) in [5, 5.41) is -0.251. The minimum atomic E-state index is -0.826. The number of benzene rings is 1. The molecule has 0 saturated heterocycles. The number of hydrogen-bond acceptors (Lipinski definition) is 4. The molecule has 1 aliphatic heterocycles. The van der Waals surface area contributed by atoms with Crippen molar-refractivity contribution in [2.45, 2.75) is 13.0 Å². The van der Waals surface area contributed by atoms with Gasteiger partial charge in [-0.2, -0.15) is 0 Å². The summed E-state index contributed by atoms with van der Waals surface area (Å²) in [4.78, 5) is 11.6. The number of hydrogen-bond donors (Lipinski definition) is 1. The molecule has 4 nitrogen and oxygen atoms in total. The van der Waals surface area contributed by atoms with Crippen molar-refractivity contribution in [3.63, 3.8) is 0 Å². The highest BCUT2D eigenvalue weighted by Gasteiger charge is 2.27. The van der Waals surface area contributed by atoms with Crippen molar-refractivity contribution in [3.8, 4) is 11.5 Å². The molecule has 0 amide bonds. The Morgan fingerprint density at radius 1 is 1.62 bits per heavy atom. The Morgan fingerprint density at radius 2 is 2.31 bits per heavy atom. The zero-order chi connectivity index (χ0) is 11.9. The number of fused-ring (bicyclic) bond motifs is 1. The van der Waals surface area contributed by atoms with E-state index in [1.165, 1.54) is 13.0 Å². The van der Waals surface area contributed by atoms with Crippen LogP contribution in [-0.4, -0.2) is 18.6 Å². The highest BCUT2D eigenvalue weighted by atomic mass is 35.5. The van der Waals surface area contributed by atoms with E-state index in [0.717, 1.165) is 0 Å². The second-order valence-electron chi connectivity index (χ2n) is 3.44. The number of Topliss-reactive ketones (excluding diaryl/α,β-unsaturated/α-hetero) is 1. The van der Waals surface area contributed by atoms with Crippen molar-refractivity contribution in [1.82, 2.24) is 0 Å². The van der Waals surface area contributed by atoms with E-state index in [-0.39, 0.29) is 28.9 Å². The van der Waals surface area contributed by atoms with Crippen molar-refractivity contribution >= 4 is 17.4 Å². The Labute approximate surface area is 96.1 Å². The average molecular weight is 246 g/mol. The van der Waals surface area contributed by atoms with Gasteiger partial charge in [-0.15, -0.1) is 0 Å². The van der Waals surface area contributed by atoms with Gasteiger partial charge in [-0.25, -0.2) is 4.39 Å². The van der Waals surface area contributed by atoms with Gasteiger partial charge in [-0.1, -0.05) is 11.6 Å². The van der Waals surface area contributed by atoms with Crippen molar-refractivity contribution in [3.05, 3.63) is 22.5 Å². The molecule has 1 heterocycles. The molecule has 2 rings (SSSR count). The van der Waals surface area contributed by atoms with Gasteiger partial charge in [0.05, 0.1) is 11.6 Å². The molecule has 2 N–H and O–H groups in total. The van der Waals surface area contributed by atoms with Crippen LogP contribution in [0.25, 0.3) is 0 Å². The summed E-state index contributed by atoms with van der Waals surface area (Å²) >= 11 is 5.72. The second-order valence-corrected chi connectivity index (χ2v) is 3.82. The first-order valence-corrected chi connectivity index (χ1v) is 4.97. The zero-order valence-electron chi connectivity index (χ0n) is 8.42. The van der Waals surface area contributed by atoms with E-state index in [0.29, 0.717) is 0 Å². The topological polar surface area (TPSA) is 61.6 Å². The molecule has 1 aromatic rings. The van der Waals surface area contributed by atoms with Gasteiger partial charge in [-0.3, -0.25) is 4.79 Å². The van der Waals surface area contributed by atoms with Crippen LogP contribution in [0.3, 0.4) is 0 Å². The lowest BCUT2D eigenvalue weighted by molar-refractivity contribution is 0.0963. The molecule has 0 aromatic heterocycles. The molecule has 0 bridgehead atoms. The molecule has 86 valence electrons. The van der Waals surface area contributed by atoms with Gasteiger partial charge in [-0.05, 0) is 13.0 Å². The molecule has 6 heteroatoms. The van der Waals surface area contributed by atoms with Crippen LogP contribution in [0.1, 0.15) is 17.3 Å². The summed E-state index contributed by atoms with van der Waals surface area (Å²) in [5.41, 5.74) is 5.22. The Morgan fingerprint density at radius 3 is 2.94 bits per heavy atom. The zero-order valence-corrected chi connectivity index (χ0v) is 9.18. The van der Waals surface area contributed by atoms with Gasteiger partial charge in [0.15, 0.2) is 23.1 Å². The SMILES string of the molecule is CC(N)C(=O)c1cc2c(c(Cl)c1F)OCO2. The number of rotatable bonds is 2. The fourth-order valence-corrected chi connectivity index (χ4v) is 1.65. The maximum atomic E-state index is 13.7. The Balaban J connectivity index is 2.56. The normalized spacial score (nSPS) is 15.0. The van der Waals surface area contributed by atoms with E-state index in [2.05, 4.69) is 0 Å². The molecule has 1 aliphatic rings. The fraction of sp³-hybridized carbons (Fsp3) is 0.300. The smallest absolute Gasteiger partial charge is 0.231 e. The van der Waals surface area contributed by atoms with E-state index in [4.69, 9.17) is 26.8 Å². The first-order chi connectivity index (χ1) is 7.52. The summed E-state index contributed by atoms with van der Waals surface area (Å²) in [7, 11) is 0. The minimum absolute atomic E-state index is 0.0374. The molecule has 0 fully saturated rings. The lowest BCUT2D eigenvalue weighted by atomic mass is 10.0. The van der Waals surface area contributed by atoms with Crippen LogP contribution in [-0.2, 0) is 0 Å². The molecule has 1 aromatic carbocycles. The van der Waals surface area contributed by atoms with Crippen LogP contribution >= 0.6 is 11.6 Å². The maximum absolute atomic E-state index is 13.7. The monoisotopic (exact) mass is 245 g/mol. The van der Waals surface area contributed by atoms with Gasteiger partial charge < -0.3 is 15.2 Å². The van der Waals surface area contributed by atoms with Crippen LogP contribution in [0.2, 0.25) is 5.02 Å². The predicted octanol–water partition coefficient (Wildman–Crippen LogP) is 1.74. The predicted molar refractivity (Wildman–Crippen MR) is 55.5 cm³/mol. The Hall–Kier alpha value is -1.33. The number of halogens is 2. The molecular formula is C10H9ClFNO3. The molecule has 16 heavy (non-hydrogen) atoms. The lowest BCUT2D eigenvalue weighted by Crippen LogP contribution is -2.27. The van der Waals surface area contributed by atoms with Gasteiger partial charge in [0, 0.05) is 0 Å². The Bertz CT molecular complexity index is 462. The molecule has 0 spiro atoms. The highest BCUT2D eigenvalue weighted by molar-refractivity contribution is 6.33. The molecule has 1 unspecified atom stereocenters. The van der Waals surface area contributed by atoms with Crippen molar-refractivity contribution in [2.24, 2.45) is 5.73 Å². The molecule has 0 aliphatic carbocycles. The van der Waals surface area contributed by atoms with Crippen molar-refractivity contribution in [2.75, 3.05) is 6.79 Å². The standard InChI is InChI=1S/C10H9ClFNO3/c1-4(13)9(14)5-2-6-10(16-3-15-6)7(11)8(5)12/h2,4H,3,13H2,1H3. The fourth-order valence-electron chi connectivity index (χ4n) is 1.40. The van der Waals surface area contributed by atoms with Gasteiger partial charge in [0.2, 0.25) is 6.79 Å². The summed E-state index contributed by atoms with van der Waals surface area (Å²) < 4.78 is 23.7. The van der Waals surface area contributed by atoms with Crippen LogP contribution in [0, 0.1) is 5.82 Å². The van der Waals surface area contributed by atoms with Gasteiger partial charge >= 0.3 is 0 Å². The number of ether oxygens (including phenoxy) is 2. The molecule has 1 atom stereocenters. The van der Waals surface area contributed by atoms with Crippen LogP contribution in [0.15, 0.2) is 6.07 Å². The maximum Gasteiger partial charge on any atom is 0.231 e. The van der Waals surface area contributed by atoms with E-state index < -0.39 is 17.6 Å². The quantitative estimate of drug-likeness (QED) is 0.807. The van der Waals surface area contributed by atoms with E-state index in [1.807, 2.05) is 0 Å². The number of nitrogens with two attached hydrogens (primary N) is 1. The van der Waals surface area contributed by atoms with Crippen molar-refractivity contribution in [1.29, 1.82) is 0 Å². The highest BCUT2D eigenvalue weighted by Crippen LogP contribution is 2.42. The van der Waals surface area contributed by atoms with Crippen LogP contribution in [0.5, 0.6) is 11.5 Å². The lowest BCUT2D eigenvalue weighted by Gasteiger charge is -2.08. The Kier molecular flexibility index (Phi) is 2.73. The average Bonchev–Trinajstić information content (AvgIpc) is 2.70. The molecular weight excluding hydrogens is 237 g/mol. The van der Waals surface area contributed by atoms with Gasteiger partial charge in [0.1, 0.15) is 5.02 Å². The minimum Gasteiger partial charge on any atom is -0.454 e. The summed E-state index contributed by atoms with van der Waals surface area (Å²) in [5.74, 6) is -0.971. The second kappa shape index (κ2) is 3.92. The van der Waals surface area contributed by atoms with E-state index >= 15 is 0 Å². The van der Waals surface area contributed by atoms with E-state index in [9.17, 15) is 9.18 Å². The summed E-state index contributed by atoms with van der Waals surface area (Å²) in [6, 6.07) is 0.459. The number of ketones is 1. The van der Waals surface area contributed by atoms with E-state index in [1.54, 1.807) is 0 Å². The first kappa shape index (κ1) is 11.2. The van der Waals surface area contributed by atoms with Crippen LogP contribution < -0.4 is 15.2 Å². The largest absolute Gasteiger partial charge is 0.454 e. The number of carbonyl (C=O) groups is 1. The third kappa shape index (κ3) is 1.62. The number of carbonyl (C=O) groups excluding carboxylic acids is 1. The third-order valence-electron chi connectivity index (χ3n) is 2.22. The van der Waals surface area contributed by atoms with Crippen molar-refractivity contribution < 1.29 is 18.7 Å². The first-order valence-electron chi connectivity index (χ1n) is 4.59. The summed E-state index contributed by atoms with van der Waals surface area (Å²) in [6.45, 7) is 1.44. The molecule has 0 saturated carbocycles. The summed E-state index contributed by atoms with van der Waals surface area (Å²) in [6.07, 6.45) is 0. The molecule has 0 radical (unpaired) electrons. The van der Waals surface area contributed by atoms with Crippen LogP contribution in [0.4, 0.5) is 4.39 Å². The van der Waals surface area contributed by atoms with Gasteiger partial charge in [0.25, 0.3) is 0 Å².